The van der Waals surface area contributed by atoms with Gasteiger partial charge in [-0.3, -0.25) is 0 Å². The molecule has 2 rings (SSSR count). The first-order valence-electron chi connectivity index (χ1n) is 5.57. The second kappa shape index (κ2) is 5.91. The average Bonchev–Trinajstić information content (AvgIpc) is 2.80. The predicted molar refractivity (Wildman–Crippen MR) is 66.9 cm³/mol. The number of halogens is 2. The molecule has 1 aliphatic heterocycles. The Kier molecular flexibility index (Phi) is 4.51. The van der Waals surface area contributed by atoms with Gasteiger partial charge < -0.3 is 14.2 Å². The summed E-state index contributed by atoms with van der Waals surface area (Å²) < 4.78 is 16.5. The van der Waals surface area contributed by atoms with Crippen LogP contribution in [-0.2, 0) is 9.47 Å². The molecule has 0 atom stereocenters. The lowest BCUT2D eigenvalue weighted by molar-refractivity contribution is -0.0457. The molecule has 5 heteroatoms. The number of rotatable bonds is 4. The zero-order chi connectivity index (χ0) is 12.3. The molecule has 0 radical (unpaired) electrons. The molecule has 1 heterocycles. The maximum absolute atomic E-state index is 6.13. The molecule has 0 saturated carbocycles. The topological polar surface area (TPSA) is 27.7 Å². The van der Waals surface area contributed by atoms with Crippen molar-refractivity contribution in [2.24, 2.45) is 0 Å². The molecular formula is C12H14Cl2O3. The molecule has 0 aromatic heterocycles. The van der Waals surface area contributed by atoms with Crippen molar-refractivity contribution in [3.8, 4) is 5.75 Å². The van der Waals surface area contributed by atoms with Crippen molar-refractivity contribution in [1.29, 1.82) is 0 Å². The molecule has 0 amide bonds. The smallest absolute Gasteiger partial charge is 0.187 e. The van der Waals surface area contributed by atoms with Crippen molar-refractivity contribution >= 4 is 23.2 Å². The second-order valence-corrected chi connectivity index (χ2v) is 4.57. The highest BCUT2D eigenvalue weighted by molar-refractivity contribution is 6.35. The van der Waals surface area contributed by atoms with Gasteiger partial charge in [-0.15, -0.1) is 0 Å². The van der Waals surface area contributed by atoms with E-state index in [1.165, 1.54) is 0 Å². The van der Waals surface area contributed by atoms with E-state index in [4.69, 9.17) is 37.4 Å². The highest BCUT2D eigenvalue weighted by Crippen LogP contribution is 2.39. The molecule has 1 saturated heterocycles. The lowest BCUT2D eigenvalue weighted by Gasteiger charge is -2.17. The quantitative estimate of drug-likeness (QED) is 0.837. The molecule has 0 unspecified atom stereocenters. The van der Waals surface area contributed by atoms with Crippen LogP contribution in [0.3, 0.4) is 0 Å². The summed E-state index contributed by atoms with van der Waals surface area (Å²) in [6.07, 6.45) is 0.475. The SMILES string of the molecule is CCCOc1c(Cl)cc(Cl)cc1C1OCCO1. The third kappa shape index (κ3) is 3.05. The summed E-state index contributed by atoms with van der Waals surface area (Å²) in [4.78, 5) is 0. The lowest BCUT2D eigenvalue weighted by Crippen LogP contribution is -2.05. The minimum absolute atomic E-state index is 0.432. The van der Waals surface area contributed by atoms with E-state index in [1.807, 2.05) is 6.92 Å². The summed E-state index contributed by atoms with van der Waals surface area (Å²) in [5.41, 5.74) is 0.758. The fourth-order valence-electron chi connectivity index (χ4n) is 1.65. The normalized spacial score (nSPS) is 16.4. The molecule has 0 spiro atoms. The van der Waals surface area contributed by atoms with Gasteiger partial charge in [0.05, 0.1) is 30.4 Å². The summed E-state index contributed by atoms with van der Waals surface area (Å²) in [7, 11) is 0. The maximum atomic E-state index is 6.13. The van der Waals surface area contributed by atoms with Gasteiger partial charge in [-0.05, 0) is 18.6 Å². The number of ether oxygens (including phenoxy) is 3. The first-order valence-corrected chi connectivity index (χ1v) is 6.33. The van der Waals surface area contributed by atoms with E-state index in [1.54, 1.807) is 12.1 Å². The maximum Gasteiger partial charge on any atom is 0.187 e. The Morgan fingerprint density at radius 2 is 2.00 bits per heavy atom. The van der Waals surface area contributed by atoms with E-state index in [-0.39, 0.29) is 0 Å². The highest BCUT2D eigenvalue weighted by atomic mass is 35.5. The van der Waals surface area contributed by atoms with Gasteiger partial charge in [0.1, 0.15) is 5.75 Å². The fourth-order valence-corrected chi connectivity index (χ4v) is 2.21. The summed E-state index contributed by atoms with van der Waals surface area (Å²) in [6.45, 7) is 3.77. The van der Waals surface area contributed by atoms with Crippen LogP contribution in [0.1, 0.15) is 25.2 Å². The van der Waals surface area contributed by atoms with Gasteiger partial charge in [0.15, 0.2) is 6.29 Å². The summed E-state index contributed by atoms with van der Waals surface area (Å²) >= 11 is 12.1. The molecule has 0 N–H and O–H groups in total. The molecule has 94 valence electrons. The monoisotopic (exact) mass is 276 g/mol. The fraction of sp³-hybridized carbons (Fsp3) is 0.500. The highest BCUT2D eigenvalue weighted by Gasteiger charge is 2.24. The Labute approximate surface area is 111 Å². The van der Waals surface area contributed by atoms with Crippen LogP contribution in [0.25, 0.3) is 0 Å². The van der Waals surface area contributed by atoms with Crippen molar-refractivity contribution < 1.29 is 14.2 Å². The van der Waals surface area contributed by atoms with Gasteiger partial charge in [0.2, 0.25) is 0 Å². The Bertz CT molecular complexity index is 390. The standard InChI is InChI=1S/C12H14Cl2O3/c1-2-3-15-11-9(12-16-4-5-17-12)6-8(13)7-10(11)14/h6-7,12H,2-5H2,1H3. The van der Waals surface area contributed by atoms with E-state index in [2.05, 4.69) is 0 Å². The molecule has 0 bridgehead atoms. The van der Waals surface area contributed by atoms with E-state index < -0.39 is 6.29 Å². The summed E-state index contributed by atoms with van der Waals surface area (Å²) in [6, 6.07) is 3.43. The molecular weight excluding hydrogens is 263 g/mol. The van der Waals surface area contributed by atoms with Crippen molar-refractivity contribution in [3.63, 3.8) is 0 Å². The minimum Gasteiger partial charge on any atom is -0.492 e. The largest absolute Gasteiger partial charge is 0.492 e. The Morgan fingerprint density at radius 3 is 2.65 bits per heavy atom. The predicted octanol–water partition coefficient (Wildman–Crippen LogP) is 3.83. The van der Waals surface area contributed by atoms with Gasteiger partial charge in [0, 0.05) is 5.02 Å². The molecule has 3 nitrogen and oxygen atoms in total. The van der Waals surface area contributed by atoms with Crippen LogP contribution in [-0.4, -0.2) is 19.8 Å². The zero-order valence-corrected chi connectivity index (χ0v) is 11.1. The second-order valence-electron chi connectivity index (χ2n) is 3.73. The molecule has 17 heavy (non-hydrogen) atoms. The lowest BCUT2D eigenvalue weighted by atomic mass is 10.2. The number of hydrogen-bond donors (Lipinski definition) is 0. The van der Waals surface area contributed by atoms with Gasteiger partial charge in [-0.1, -0.05) is 30.1 Å². The van der Waals surface area contributed by atoms with Crippen molar-refractivity contribution in [3.05, 3.63) is 27.7 Å². The van der Waals surface area contributed by atoms with Crippen LogP contribution < -0.4 is 4.74 Å². The Morgan fingerprint density at radius 1 is 1.29 bits per heavy atom. The van der Waals surface area contributed by atoms with E-state index in [0.29, 0.717) is 35.6 Å². The minimum atomic E-state index is -0.432. The molecule has 1 aliphatic rings. The summed E-state index contributed by atoms with van der Waals surface area (Å²) in [5.74, 6) is 0.602. The van der Waals surface area contributed by atoms with Crippen LogP contribution in [0.2, 0.25) is 10.0 Å². The van der Waals surface area contributed by atoms with Crippen molar-refractivity contribution in [2.75, 3.05) is 19.8 Å². The number of hydrogen-bond acceptors (Lipinski definition) is 3. The van der Waals surface area contributed by atoms with Gasteiger partial charge in [0.25, 0.3) is 0 Å². The van der Waals surface area contributed by atoms with Gasteiger partial charge in [-0.2, -0.15) is 0 Å². The zero-order valence-electron chi connectivity index (χ0n) is 9.54. The third-order valence-electron chi connectivity index (χ3n) is 2.36. The Hall–Kier alpha value is -0.480. The first-order chi connectivity index (χ1) is 8.22. The van der Waals surface area contributed by atoms with Gasteiger partial charge >= 0.3 is 0 Å². The van der Waals surface area contributed by atoms with E-state index >= 15 is 0 Å². The van der Waals surface area contributed by atoms with Crippen LogP contribution in [0, 0.1) is 0 Å². The van der Waals surface area contributed by atoms with E-state index in [0.717, 1.165) is 12.0 Å². The van der Waals surface area contributed by atoms with Crippen LogP contribution in [0.4, 0.5) is 0 Å². The van der Waals surface area contributed by atoms with Gasteiger partial charge in [-0.25, -0.2) is 0 Å². The van der Waals surface area contributed by atoms with E-state index in [9.17, 15) is 0 Å². The van der Waals surface area contributed by atoms with Crippen LogP contribution in [0.5, 0.6) is 5.75 Å². The molecule has 1 aromatic carbocycles. The molecule has 0 aliphatic carbocycles. The molecule has 1 fully saturated rings. The average molecular weight is 277 g/mol. The summed E-state index contributed by atoms with van der Waals surface area (Å²) in [5, 5.41) is 1.04. The molecule has 1 aromatic rings. The number of benzene rings is 1. The van der Waals surface area contributed by atoms with Crippen LogP contribution in [0.15, 0.2) is 12.1 Å². The van der Waals surface area contributed by atoms with Crippen molar-refractivity contribution in [1.82, 2.24) is 0 Å². The first kappa shape index (κ1) is 13.0. The van der Waals surface area contributed by atoms with Crippen LogP contribution >= 0.6 is 23.2 Å². The van der Waals surface area contributed by atoms with Crippen molar-refractivity contribution in [2.45, 2.75) is 19.6 Å². The third-order valence-corrected chi connectivity index (χ3v) is 2.86. The Balaban J connectivity index is 2.32.